The zero-order valence-corrected chi connectivity index (χ0v) is 18.5. The molecule has 1 saturated carbocycles. The summed E-state index contributed by atoms with van der Waals surface area (Å²) in [6, 6.07) is 8.88. The summed E-state index contributed by atoms with van der Waals surface area (Å²) in [5.74, 6) is 1.52. The van der Waals surface area contributed by atoms with Gasteiger partial charge in [0.05, 0.1) is 10.5 Å². The van der Waals surface area contributed by atoms with Crippen molar-refractivity contribution in [2.75, 3.05) is 25.9 Å². The van der Waals surface area contributed by atoms with Crippen LogP contribution in [0.5, 0.6) is 0 Å². The lowest BCUT2D eigenvalue weighted by atomic mass is 10.0. The Morgan fingerprint density at radius 3 is 2.60 bits per heavy atom. The van der Waals surface area contributed by atoms with Crippen LogP contribution in [-0.2, 0) is 9.84 Å². The van der Waals surface area contributed by atoms with Crippen LogP contribution in [0.3, 0.4) is 0 Å². The number of rotatable bonds is 2. The number of sulfone groups is 1. The molecule has 1 heterocycles. The van der Waals surface area contributed by atoms with Gasteiger partial charge in [-0.2, -0.15) is 0 Å². The van der Waals surface area contributed by atoms with Crippen molar-refractivity contribution in [2.24, 2.45) is 4.99 Å². The summed E-state index contributed by atoms with van der Waals surface area (Å²) < 4.78 is 23.6. The normalized spacial score (nSPS) is 27.4. The molecule has 7 heteroatoms. The second-order valence-electron chi connectivity index (χ2n) is 7.50. The van der Waals surface area contributed by atoms with Crippen molar-refractivity contribution in [1.82, 2.24) is 10.2 Å². The van der Waals surface area contributed by atoms with E-state index in [1.807, 2.05) is 0 Å². The molecule has 1 aromatic carbocycles. The molecule has 1 aromatic rings. The van der Waals surface area contributed by atoms with E-state index in [1.165, 1.54) is 11.1 Å². The minimum Gasteiger partial charge on any atom is -0.353 e. The molecule has 1 aliphatic carbocycles. The van der Waals surface area contributed by atoms with Crippen LogP contribution in [0.25, 0.3) is 0 Å². The lowest BCUT2D eigenvalue weighted by Gasteiger charge is -2.39. The molecule has 1 saturated heterocycles. The van der Waals surface area contributed by atoms with Gasteiger partial charge in [-0.1, -0.05) is 24.3 Å². The molecule has 1 aliphatic heterocycles. The molecule has 0 amide bonds. The van der Waals surface area contributed by atoms with Gasteiger partial charge in [0.15, 0.2) is 15.8 Å². The number of hydrogen-bond donors (Lipinski definition) is 1. The summed E-state index contributed by atoms with van der Waals surface area (Å²) in [4.78, 5) is 6.47. The molecular formula is C18H28IN3O2S. The first-order valence-electron chi connectivity index (χ1n) is 8.51. The number of nitrogens with one attached hydrogen (secondary N) is 1. The standard InChI is InChI=1S/C18H27N3O2S.HI/c1-13-7-5-6-8-14(13)15-11-16(15)20-17(19-4)21-9-10-24(22,23)18(2,3)12-21;/h5-8,15-16H,9-12H2,1-4H3,(H,19,20);1H. The van der Waals surface area contributed by atoms with Gasteiger partial charge in [0.2, 0.25) is 0 Å². The highest BCUT2D eigenvalue weighted by Crippen LogP contribution is 2.42. The van der Waals surface area contributed by atoms with Crippen LogP contribution in [-0.4, -0.2) is 56.0 Å². The lowest BCUT2D eigenvalue weighted by Crippen LogP contribution is -2.57. The highest BCUT2D eigenvalue weighted by molar-refractivity contribution is 14.0. The van der Waals surface area contributed by atoms with E-state index in [9.17, 15) is 8.42 Å². The summed E-state index contributed by atoms with van der Waals surface area (Å²) in [6.07, 6.45) is 1.10. The Labute approximate surface area is 168 Å². The fourth-order valence-corrected chi connectivity index (χ4v) is 4.85. The highest BCUT2D eigenvalue weighted by Gasteiger charge is 2.44. The predicted octanol–water partition coefficient (Wildman–Crippen LogP) is 2.55. The third-order valence-corrected chi connectivity index (χ3v) is 7.78. The molecule has 0 aromatic heterocycles. The summed E-state index contributed by atoms with van der Waals surface area (Å²) in [6.45, 7) is 6.74. The largest absolute Gasteiger partial charge is 0.353 e. The van der Waals surface area contributed by atoms with Gasteiger partial charge in [-0.25, -0.2) is 8.42 Å². The van der Waals surface area contributed by atoms with E-state index in [2.05, 4.69) is 46.4 Å². The molecule has 1 N–H and O–H groups in total. The molecule has 0 spiro atoms. The number of hydrogen-bond acceptors (Lipinski definition) is 3. The van der Waals surface area contributed by atoms with Crippen LogP contribution in [0.4, 0.5) is 0 Å². The van der Waals surface area contributed by atoms with Crippen molar-refractivity contribution >= 4 is 39.8 Å². The van der Waals surface area contributed by atoms with E-state index in [0.717, 1.165) is 12.4 Å². The molecule has 2 fully saturated rings. The first-order valence-corrected chi connectivity index (χ1v) is 10.2. The average molecular weight is 477 g/mol. The molecule has 140 valence electrons. The average Bonchev–Trinajstić information content (AvgIpc) is 3.27. The highest BCUT2D eigenvalue weighted by atomic mass is 127. The zero-order valence-electron chi connectivity index (χ0n) is 15.3. The summed E-state index contributed by atoms with van der Waals surface area (Å²) in [5, 5.41) is 3.53. The summed E-state index contributed by atoms with van der Waals surface area (Å²) in [5.41, 5.74) is 2.72. The Kier molecular flexibility index (Phi) is 6.08. The molecule has 2 atom stereocenters. The van der Waals surface area contributed by atoms with Crippen molar-refractivity contribution in [1.29, 1.82) is 0 Å². The number of nitrogens with zero attached hydrogens (tertiary/aromatic N) is 2. The molecule has 5 nitrogen and oxygen atoms in total. The van der Waals surface area contributed by atoms with Crippen LogP contribution >= 0.6 is 24.0 Å². The number of benzene rings is 1. The van der Waals surface area contributed by atoms with Gasteiger partial charge in [-0.05, 0) is 38.3 Å². The Morgan fingerprint density at radius 1 is 1.32 bits per heavy atom. The fraction of sp³-hybridized carbons (Fsp3) is 0.611. The van der Waals surface area contributed by atoms with E-state index < -0.39 is 14.6 Å². The zero-order chi connectivity index (χ0) is 17.5. The van der Waals surface area contributed by atoms with Crippen molar-refractivity contribution in [3.05, 3.63) is 35.4 Å². The smallest absolute Gasteiger partial charge is 0.193 e. The topological polar surface area (TPSA) is 61.8 Å². The predicted molar refractivity (Wildman–Crippen MR) is 114 cm³/mol. The van der Waals surface area contributed by atoms with Crippen molar-refractivity contribution in [3.8, 4) is 0 Å². The van der Waals surface area contributed by atoms with Crippen molar-refractivity contribution in [2.45, 2.75) is 43.9 Å². The molecule has 0 radical (unpaired) electrons. The van der Waals surface area contributed by atoms with Crippen LogP contribution in [0.2, 0.25) is 0 Å². The maximum Gasteiger partial charge on any atom is 0.193 e. The third-order valence-electron chi connectivity index (χ3n) is 5.25. The van der Waals surface area contributed by atoms with Gasteiger partial charge in [0.25, 0.3) is 0 Å². The van der Waals surface area contributed by atoms with Gasteiger partial charge in [0, 0.05) is 32.1 Å². The van der Waals surface area contributed by atoms with Gasteiger partial charge < -0.3 is 10.2 Å². The van der Waals surface area contributed by atoms with Crippen molar-refractivity contribution < 1.29 is 8.42 Å². The van der Waals surface area contributed by atoms with E-state index >= 15 is 0 Å². The second-order valence-corrected chi connectivity index (χ2v) is 10.2. The lowest BCUT2D eigenvalue weighted by molar-refractivity contribution is 0.353. The number of halogens is 1. The van der Waals surface area contributed by atoms with Gasteiger partial charge in [-0.3, -0.25) is 4.99 Å². The molecule has 0 bridgehead atoms. The van der Waals surface area contributed by atoms with Crippen LogP contribution < -0.4 is 5.32 Å². The maximum atomic E-state index is 12.2. The maximum absolute atomic E-state index is 12.2. The molecular weight excluding hydrogens is 449 g/mol. The van der Waals surface area contributed by atoms with E-state index in [1.54, 1.807) is 20.9 Å². The second kappa shape index (κ2) is 7.42. The Morgan fingerprint density at radius 2 is 2.00 bits per heavy atom. The van der Waals surface area contributed by atoms with Crippen LogP contribution in [0.1, 0.15) is 37.3 Å². The van der Waals surface area contributed by atoms with Gasteiger partial charge >= 0.3 is 0 Å². The third kappa shape index (κ3) is 4.13. The number of aliphatic imine (C=N–C) groups is 1. The molecule has 25 heavy (non-hydrogen) atoms. The summed E-state index contributed by atoms with van der Waals surface area (Å²) >= 11 is 0. The Hall–Kier alpha value is -0.830. The van der Waals surface area contributed by atoms with Gasteiger partial charge in [0.1, 0.15) is 0 Å². The Bertz CT molecular complexity index is 761. The van der Waals surface area contributed by atoms with Crippen LogP contribution in [0.15, 0.2) is 29.3 Å². The van der Waals surface area contributed by atoms with E-state index in [0.29, 0.717) is 25.0 Å². The minimum absolute atomic E-state index is 0. The molecule has 3 rings (SSSR count). The number of guanidine groups is 1. The van der Waals surface area contributed by atoms with E-state index in [4.69, 9.17) is 0 Å². The van der Waals surface area contributed by atoms with Crippen LogP contribution in [0, 0.1) is 6.92 Å². The number of aryl methyl sites for hydroxylation is 1. The monoisotopic (exact) mass is 477 g/mol. The van der Waals surface area contributed by atoms with Crippen molar-refractivity contribution in [3.63, 3.8) is 0 Å². The van der Waals surface area contributed by atoms with Gasteiger partial charge in [-0.15, -0.1) is 24.0 Å². The SMILES string of the molecule is CN=C(NC1CC1c1ccccc1C)N1CCS(=O)(=O)C(C)(C)C1.I. The Balaban J connectivity index is 0.00000225. The fourth-order valence-electron chi connectivity index (χ4n) is 3.49. The molecule has 2 aliphatic rings. The summed E-state index contributed by atoms with van der Waals surface area (Å²) in [7, 11) is -1.26. The quantitative estimate of drug-likeness (QED) is 0.404. The van der Waals surface area contributed by atoms with E-state index in [-0.39, 0.29) is 29.7 Å². The minimum atomic E-state index is -3.03. The molecule has 2 unspecified atom stereocenters. The first kappa shape index (κ1) is 20.5. The first-order chi connectivity index (χ1) is 11.2.